The van der Waals surface area contributed by atoms with Crippen LogP contribution in [0.25, 0.3) is 0 Å². The number of benzene rings is 1. The predicted molar refractivity (Wildman–Crippen MR) is 63.6 cm³/mol. The van der Waals surface area contributed by atoms with Crippen molar-refractivity contribution < 1.29 is 19.0 Å². The van der Waals surface area contributed by atoms with Gasteiger partial charge in [0.15, 0.2) is 0 Å². The minimum Gasteiger partial charge on any atom is -0.465 e. The van der Waals surface area contributed by atoms with Gasteiger partial charge in [0.2, 0.25) is 0 Å². The molecule has 0 aliphatic heterocycles. The van der Waals surface area contributed by atoms with Gasteiger partial charge in [-0.15, -0.1) is 0 Å². The summed E-state index contributed by atoms with van der Waals surface area (Å²) < 4.78 is 14.9. The predicted octanol–water partition coefficient (Wildman–Crippen LogP) is 1.26. The lowest BCUT2D eigenvalue weighted by molar-refractivity contribution is -0.227. The molecule has 1 rings (SSSR count). The second kappa shape index (κ2) is 6.15. The molecule has 0 aliphatic rings. The van der Waals surface area contributed by atoms with Crippen LogP contribution in [0.3, 0.4) is 0 Å². The van der Waals surface area contributed by atoms with Crippen molar-refractivity contribution in [2.75, 3.05) is 21.3 Å². The van der Waals surface area contributed by atoms with Crippen molar-refractivity contribution in [3.8, 4) is 6.07 Å². The van der Waals surface area contributed by atoms with Gasteiger partial charge in [0.05, 0.1) is 18.7 Å². The number of carbonyl (C=O) groups is 1. The molecule has 1 aromatic carbocycles. The number of esters is 1. The van der Waals surface area contributed by atoms with E-state index in [-0.39, 0.29) is 6.42 Å². The summed E-state index contributed by atoms with van der Waals surface area (Å²) >= 11 is 0. The van der Waals surface area contributed by atoms with Crippen LogP contribution in [0.2, 0.25) is 0 Å². The summed E-state index contributed by atoms with van der Waals surface area (Å²) in [7, 11) is 3.97. The first-order valence-electron chi connectivity index (χ1n) is 5.30. The van der Waals surface area contributed by atoms with Crippen LogP contribution in [0, 0.1) is 11.3 Å². The highest BCUT2D eigenvalue weighted by atomic mass is 16.7. The second-order valence-electron chi connectivity index (χ2n) is 3.60. The maximum Gasteiger partial charge on any atom is 0.366 e. The van der Waals surface area contributed by atoms with Crippen molar-refractivity contribution >= 4 is 5.97 Å². The maximum absolute atomic E-state index is 11.7. The van der Waals surface area contributed by atoms with Gasteiger partial charge in [0.1, 0.15) is 0 Å². The summed E-state index contributed by atoms with van der Waals surface area (Å²) in [5, 5.41) is 9.01. The van der Waals surface area contributed by atoms with Crippen LogP contribution in [0.5, 0.6) is 0 Å². The van der Waals surface area contributed by atoms with Crippen LogP contribution in [-0.2, 0) is 25.4 Å². The van der Waals surface area contributed by atoms with Gasteiger partial charge >= 0.3 is 5.97 Å². The van der Waals surface area contributed by atoms with Crippen molar-refractivity contribution in [1.82, 2.24) is 0 Å². The van der Waals surface area contributed by atoms with E-state index in [1.165, 1.54) is 21.3 Å². The zero-order valence-corrected chi connectivity index (χ0v) is 10.6. The van der Waals surface area contributed by atoms with Gasteiger partial charge in [-0.3, -0.25) is 0 Å². The number of carbonyl (C=O) groups excluding carboxylic acids is 1. The Balaban J connectivity index is 3.12. The fourth-order valence-corrected chi connectivity index (χ4v) is 1.66. The Morgan fingerprint density at radius 2 is 1.89 bits per heavy atom. The molecule has 5 heteroatoms. The molecule has 0 N–H and O–H groups in total. The summed E-state index contributed by atoms with van der Waals surface area (Å²) in [5.41, 5.74) is 1.13. The van der Waals surface area contributed by atoms with E-state index in [2.05, 4.69) is 10.8 Å². The Morgan fingerprint density at radius 1 is 1.28 bits per heavy atom. The summed E-state index contributed by atoms with van der Waals surface area (Å²) in [6.07, 6.45) is 0.108. The number of hydrogen-bond acceptors (Lipinski definition) is 5. The summed E-state index contributed by atoms with van der Waals surface area (Å²) in [4.78, 5) is 11.7. The third-order valence-corrected chi connectivity index (χ3v) is 2.72. The highest BCUT2D eigenvalue weighted by Crippen LogP contribution is 2.22. The van der Waals surface area contributed by atoms with E-state index in [0.717, 1.165) is 0 Å². The van der Waals surface area contributed by atoms with Crippen LogP contribution in [0.1, 0.15) is 11.1 Å². The minimum absolute atomic E-state index is 0.108. The average molecular weight is 249 g/mol. The molecule has 1 aromatic rings. The molecule has 0 aromatic heterocycles. The molecule has 5 nitrogen and oxygen atoms in total. The quantitative estimate of drug-likeness (QED) is 0.580. The topological polar surface area (TPSA) is 68.6 Å². The normalized spacial score (nSPS) is 10.8. The van der Waals surface area contributed by atoms with Gasteiger partial charge in [0, 0.05) is 20.6 Å². The lowest BCUT2D eigenvalue weighted by atomic mass is 10.00. The van der Waals surface area contributed by atoms with Gasteiger partial charge in [-0.1, -0.05) is 18.2 Å². The monoisotopic (exact) mass is 249 g/mol. The molecule has 18 heavy (non-hydrogen) atoms. The molecule has 0 heterocycles. The highest BCUT2D eigenvalue weighted by molar-refractivity contribution is 5.78. The Morgan fingerprint density at radius 3 is 2.39 bits per heavy atom. The summed E-state index contributed by atoms with van der Waals surface area (Å²) in [5.74, 6) is -2.16. The Labute approximate surface area is 106 Å². The van der Waals surface area contributed by atoms with Crippen LogP contribution in [-0.4, -0.2) is 33.1 Å². The van der Waals surface area contributed by atoms with Crippen molar-refractivity contribution in [3.63, 3.8) is 0 Å². The van der Waals surface area contributed by atoms with E-state index in [4.69, 9.17) is 14.7 Å². The Bertz CT molecular complexity index is 460. The van der Waals surface area contributed by atoms with Gasteiger partial charge in [0.25, 0.3) is 5.79 Å². The highest BCUT2D eigenvalue weighted by Gasteiger charge is 2.41. The zero-order valence-electron chi connectivity index (χ0n) is 10.6. The second-order valence-corrected chi connectivity index (χ2v) is 3.60. The van der Waals surface area contributed by atoms with Gasteiger partial charge in [-0.2, -0.15) is 5.26 Å². The molecular formula is C13H15NO4. The Hall–Kier alpha value is -1.90. The molecule has 96 valence electrons. The van der Waals surface area contributed by atoms with Crippen molar-refractivity contribution in [2.45, 2.75) is 12.2 Å². The van der Waals surface area contributed by atoms with Crippen LogP contribution in [0.4, 0.5) is 0 Å². The zero-order chi connectivity index (χ0) is 13.6. The first-order chi connectivity index (χ1) is 8.63. The number of nitrogens with zero attached hydrogens (tertiary/aromatic N) is 1. The standard InChI is InChI=1S/C13H15NO4/c1-16-12(15)13(17-2,18-3)8-10-6-4-5-7-11(10)9-14/h4-7H,8H2,1-3H3. The fraction of sp³-hybridized carbons (Fsp3) is 0.385. The first kappa shape index (κ1) is 14.2. The van der Waals surface area contributed by atoms with Crippen LogP contribution >= 0.6 is 0 Å². The van der Waals surface area contributed by atoms with Crippen LogP contribution < -0.4 is 0 Å². The van der Waals surface area contributed by atoms with Gasteiger partial charge in [-0.05, 0) is 11.6 Å². The van der Waals surface area contributed by atoms with Gasteiger partial charge < -0.3 is 14.2 Å². The van der Waals surface area contributed by atoms with E-state index in [1.54, 1.807) is 24.3 Å². The number of ether oxygens (including phenoxy) is 3. The molecule has 0 saturated carbocycles. The number of nitriles is 1. The molecule has 0 bridgehead atoms. The average Bonchev–Trinajstić information content (AvgIpc) is 2.44. The van der Waals surface area contributed by atoms with Crippen LogP contribution in [0.15, 0.2) is 24.3 Å². The van der Waals surface area contributed by atoms with E-state index >= 15 is 0 Å². The van der Waals surface area contributed by atoms with E-state index in [9.17, 15) is 4.79 Å². The fourth-order valence-electron chi connectivity index (χ4n) is 1.66. The molecule has 0 atom stereocenters. The summed E-state index contributed by atoms with van der Waals surface area (Å²) in [6.45, 7) is 0. The lowest BCUT2D eigenvalue weighted by Gasteiger charge is -2.27. The summed E-state index contributed by atoms with van der Waals surface area (Å²) in [6, 6.07) is 9.01. The largest absolute Gasteiger partial charge is 0.465 e. The maximum atomic E-state index is 11.7. The smallest absolute Gasteiger partial charge is 0.366 e. The lowest BCUT2D eigenvalue weighted by Crippen LogP contribution is -2.45. The molecule has 0 unspecified atom stereocenters. The third-order valence-electron chi connectivity index (χ3n) is 2.72. The molecule has 0 aliphatic carbocycles. The SMILES string of the molecule is COC(=O)C(Cc1ccccc1C#N)(OC)OC. The molecule has 0 fully saturated rings. The Kier molecular flexibility index (Phi) is 4.84. The molecule has 0 radical (unpaired) electrons. The minimum atomic E-state index is -1.53. The van der Waals surface area contributed by atoms with Gasteiger partial charge in [-0.25, -0.2) is 4.79 Å². The van der Waals surface area contributed by atoms with E-state index in [0.29, 0.717) is 11.1 Å². The van der Waals surface area contributed by atoms with Crippen molar-refractivity contribution in [2.24, 2.45) is 0 Å². The number of hydrogen-bond donors (Lipinski definition) is 0. The third kappa shape index (κ3) is 2.67. The van der Waals surface area contributed by atoms with Crippen molar-refractivity contribution in [1.29, 1.82) is 5.26 Å². The van der Waals surface area contributed by atoms with E-state index < -0.39 is 11.8 Å². The first-order valence-corrected chi connectivity index (χ1v) is 5.30. The van der Waals surface area contributed by atoms with Crippen molar-refractivity contribution in [3.05, 3.63) is 35.4 Å². The molecule has 0 spiro atoms. The number of rotatable bonds is 5. The molecule has 0 saturated heterocycles. The molecular weight excluding hydrogens is 234 g/mol. The molecule has 0 amide bonds. The number of methoxy groups -OCH3 is 3. The van der Waals surface area contributed by atoms with E-state index in [1.807, 2.05) is 0 Å².